The molecule has 1 unspecified atom stereocenters. The van der Waals surface area contributed by atoms with Crippen LogP contribution in [-0.4, -0.2) is 52.3 Å². The molecule has 3 N–H and O–H groups in total. The molecule has 2 amide bonds. The number of carbonyl (C=O) groups excluding carboxylic acids is 2. The Kier molecular flexibility index (Phi) is 9.72. The molecule has 0 aromatic heterocycles. The lowest BCUT2D eigenvalue weighted by atomic mass is 9.91. The summed E-state index contributed by atoms with van der Waals surface area (Å²) in [7, 11) is 0. The minimum Gasteiger partial charge on any atom is -0.481 e. The van der Waals surface area contributed by atoms with Gasteiger partial charge in [0.25, 0.3) is 5.91 Å². The van der Waals surface area contributed by atoms with Crippen LogP contribution >= 0.6 is 0 Å². The van der Waals surface area contributed by atoms with Crippen LogP contribution in [-0.2, 0) is 14.4 Å². The van der Waals surface area contributed by atoms with E-state index in [4.69, 9.17) is 5.73 Å². The zero-order valence-electron chi connectivity index (χ0n) is 18.7. The maximum absolute atomic E-state index is 13.6. The van der Waals surface area contributed by atoms with E-state index in [2.05, 4.69) is 0 Å². The smallest absolute Gasteiger partial charge is 0.305 e. The van der Waals surface area contributed by atoms with Crippen LogP contribution in [0.25, 0.3) is 0 Å². The average molecular weight is 430 g/mol. The van der Waals surface area contributed by atoms with E-state index in [1.54, 1.807) is 9.80 Å². The highest BCUT2D eigenvalue weighted by molar-refractivity contribution is 5.99. The minimum absolute atomic E-state index is 0.0575. The first-order valence-electron chi connectivity index (χ1n) is 11.2. The summed E-state index contributed by atoms with van der Waals surface area (Å²) in [6, 6.07) is 9.42. The Bertz CT molecular complexity index is 791. The molecule has 170 valence electrons. The molecule has 31 heavy (non-hydrogen) atoms. The summed E-state index contributed by atoms with van der Waals surface area (Å²) in [6.45, 7) is 5.07. The SMILES string of the molecule is CCCN(C(=O)CCCCCN)C1=C(C)CC(c2ccccc2)N(CCC(=O)O)C1=O. The number of carboxylic acids is 1. The van der Waals surface area contributed by atoms with E-state index in [1.807, 2.05) is 44.2 Å². The number of carboxylic acid groups (broad SMARTS) is 1. The van der Waals surface area contributed by atoms with Crippen LogP contribution in [0.5, 0.6) is 0 Å². The number of nitrogens with zero attached hydrogens (tertiary/aromatic N) is 2. The van der Waals surface area contributed by atoms with Crippen molar-refractivity contribution in [2.75, 3.05) is 19.6 Å². The highest BCUT2D eigenvalue weighted by Crippen LogP contribution is 2.36. The van der Waals surface area contributed by atoms with Gasteiger partial charge >= 0.3 is 5.97 Å². The van der Waals surface area contributed by atoms with E-state index >= 15 is 0 Å². The summed E-state index contributed by atoms with van der Waals surface area (Å²) in [4.78, 5) is 41.1. The Morgan fingerprint density at radius 1 is 1.16 bits per heavy atom. The highest BCUT2D eigenvalue weighted by atomic mass is 16.4. The quantitative estimate of drug-likeness (QED) is 0.495. The van der Waals surface area contributed by atoms with Crippen molar-refractivity contribution in [1.82, 2.24) is 9.80 Å². The normalized spacial score (nSPS) is 16.5. The van der Waals surface area contributed by atoms with Crippen LogP contribution in [0, 0.1) is 0 Å². The fraction of sp³-hybridized carbons (Fsp3) is 0.542. The number of carbonyl (C=O) groups is 3. The van der Waals surface area contributed by atoms with Crippen molar-refractivity contribution in [3.8, 4) is 0 Å². The predicted molar refractivity (Wildman–Crippen MR) is 120 cm³/mol. The molecule has 7 nitrogen and oxygen atoms in total. The lowest BCUT2D eigenvalue weighted by molar-refractivity contribution is -0.141. The van der Waals surface area contributed by atoms with Crippen molar-refractivity contribution in [3.63, 3.8) is 0 Å². The van der Waals surface area contributed by atoms with Gasteiger partial charge in [0, 0.05) is 19.5 Å². The molecular weight excluding hydrogens is 394 g/mol. The monoisotopic (exact) mass is 429 g/mol. The van der Waals surface area contributed by atoms with Crippen molar-refractivity contribution < 1.29 is 19.5 Å². The van der Waals surface area contributed by atoms with Crippen LogP contribution in [0.15, 0.2) is 41.6 Å². The number of amides is 2. The predicted octanol–water partition coefficient (Wildman–Crippen LogP) is 3.47. The first-order valence-corrected chi connectivity index (χ1v) is 11.2. The van der Waals surface area contributed by atoms with E-state index in [1.165, 1.54) is 0 Å². The van der Waals surface area contributed by atoms with E-state index in [0.717, 1.165) is 36.8 Å². The molecule has 7 heteroatoms. The molecular formula is C24H35N3O4. The van der Waals surface area contributed by atoms with Gasteiger partial charge in [0.15, 0.2) is 0 Å². The topological polar surface area (TPSA) is 104 Å². The Balaban J connectivity index is 2.34. The molecule has 1 heterocycles. The second-order valence-electron chi connectivity index (χ2n) is 8.05. The van der Waals surface area contributed by atoms with Gasteiger partial charge in [-0.05, 0) is 50.3 Å². The highest BCUT2D eigenvalue weighted by Gasteiger charge is 2.37. The maximum atomic E-state index is 13.6. The molecule has 1 aromatic rings. The zero-order chi connectivity index (χ0) is 22.8. The van der Waals surface area contributed by atoms with E-state index in [9.17, 15) is 19.5 Å². The number of hydrogen-bond donors (Lipinski definition) is 2. The summed E-state index contributed by atoms with van der Waals surface area (Å²) in [6.07, 6.45) is 4.05. The fourth-order valence-corrected chi connectivity index (χ4v) is 4.07. The molecule has 1 aliphatic heterocycles. The third kappa shape index (κ3) is 6.66. The van der Waals surface area contributed by atoms with Gasteiger partial charge < -0.3 is 20.6 Å². The first kappa shape index (κ1) is 24.6. The van der Waals surface area contributed by atoms with Gasteiger partial charge in [-0.2, -0.15) is 0 Å². The van der Waals surface area contributed by atoms with Gasteiger partial charge in [0.05, 0.1) is 12.5 Å². The average Bonchev–Trinajstić information content (AvgIpc) is 2.75. The molecule has 0 saturated carbocycles. The molecule has 1 aliphatic rings. The Labute approximate surface area is 184 Å². The van der Waals surface area contributed by atoms with Crippen LogP contribution in [0.3, 0.4) is 0 Å². The Morgan fingerprint density at radius 2 is 1.87 bits per heavy atom. The molecule has 0 aliphatic carbocycles. The third-order valence-corrected chi connectivity index (χ3v) is 5.61. The van der Waals surface area contributed by atoms with E-state index < -0.39 is 5.97 Å². The van der Waals surface area contributed by atoms with Crippen LogP contribution in [0.4, 0.5) is 0 Å². The number of nitrogens with two attached hydrogens (primary N) is 1. The van der Waals surface area contributed by atoms with Gasteiger partial charge in [-0.15, -0.1) is 0 Å². The van der Waals surface area contributed by atoms with Crippen LogP contribution < -0.4 is 5.73 Å². The first-order chi connectivity index (χ1) is 14.9. The lowest BCUT2D eigenvalue weighted by Gasteiger charge is -2.40. The second-order valence-corrected chi connectivity index (χ2v) is 8.05. The Hall–Kier alpha value is -2.67. The van der Waals surface area contributed by atoms with Crippen molar-refractivity contribution in [1.29, 1.82) is 0 Å². The second kappa shape index (κ2) is 12.2. The van der Waals surface area contributed by atoms with Crippen molar-refractivity contribution in [2.24, 2.45) is 5.73 Å². The summed E-state index contributed by atoms with van der Waals surface area (Å²) < 4.78 is 0. The lowest BCUT2D eigenvalue weighted by Crippen LogP contribution is -2.47. The van der Waals surface area contributed by atoms with Crippen molar-refractivity contribution in [2.45, 2.75) is 64.8 Å². The standard InChI is InChI=1S/C24H35N3O4/c1-3-15-27(21(28)12-8-5-9-14-25)23-18(2)17-20(19-10-6-4-7-11-19)26(24(23)31)16-13-22(29)30/h4,6-7,10-11,20H,3,5,8-9,12-17,25H2,1-2H3,(H,29,30). The molecule has 1 aromatic carbocycles. The van der Waals surface area contributed by atoms with Crippen molar-refractivity contribution in [3.05, 3.63) is 47.2 Å². The summed E-state index contributed by atoms with van der Waals surface area (Å²) in [5, 5.41) is 9.20. The molecule has 0 radical (unpaired) electrons. The van der Waals surface area contributed by atoms with Crippen LogP contribution in [0.1, 0.15) is 70.4 Å². The number of unbranched alkanes of at least 4 members (excludes halogenated alkanes) is 2. The molecule has 0 spiro atoms. The summed E-state index contributed by atoms with van der Waals surface area (Å²) in [5.74, 6) is -1.27. The van der Waals surface area contributed by atoms with Crippen LogP contribution in [0.2, 0.25) is 0 Å². The Morgan fingerprint density at radius 3 is 2.48 bits per heavy atom. The molecule has 2 rings (SSSR count). The molecule has 0 saturated heterocycles. The largest absolute Gasteiger partial charge is 0.481 e. The van der Waals surface area contributed by atoms with E-state index in [-0.39, 0.29) is 30.8 Å². The molecule has 0 bridgehead atoms. The maximum Gasteiger partial charge on any atom is 0.305 e. The zero-order valence-corrected chi connectivity index (χ0v) is 18.7. The van der Waals surface area contributed by atoms with Crippen molar-refractivity contribution >= 4 is 17.8 Å². The number of rotatable bonds is 12. The van der Waals surface area contributed by atoms with E-state index in [0.29, 0.717) is 31.6 Å². The summed E-state index contributed by atoms with van der Waals surface area (Å²) in [5.41, 5.74) is 7.79. The fourth-order valence-electron chi connectivity index (χ4n) is 4.07. The minimum atomic E-state index is -0.950. The van der Waals surface area contributed by atoms with Gasteiger partial charge in [-0.1, -0.05) is 43.7 Å². The molecule has 1 atom stereocenters. The van der Waals surface area contributed by atoms with Gasteiger partial charge in [0.1, 0.15) is 5.70 Å². The molecule has 0 fully saturated rings. The van der Waals surface area contributed by atoms with Gasteiger partial charge in [-0.25, -0.2) is 0 Å². The number of aliphatic carboxylic acids is 1. The van der Waals surface area contributed by atoms with Gasteiger partial charge in [-0.3, -0.25) is 14.4 Å². The number of benzene rings is 1. The number of hydrogen-bond acceptors (Lipinski definition) is 4. The summed E-state index contributed by atoms with van der Waals surface area (Å²) >= 11 is 0. The van der Waals surface area contributed by atoms with Gasteiger partial charge in [0.2, 0.25) is 5.91 Å². The third-order valence-electron chi connectivity index (χ3n) is 5.61.